The fourth-order valence-electron chi connectivity index (χ4n) is 0.280. The van der Waals surface area contributed by atoms with Gasteiger partial charge >= 0.3 is 24.3 Å². The summed E-state index contributed by atoms with van der Waals surface area (Å²) in [5.41, 5.74) is 0. The van der Waals surface area contributed by atoms with Gasteiger partial charge in [0.25, 0.3) is 0 Å². The van der Waals surface area contributed by atoms with Gasteiger partial charge in [-0.25, -0.2) is 9.59 Å². The SMILES string of the molecule is O=C(O)C(O)C(F)(F)F.O=C(O)C(O)C(F)(F)F. The summed E-state index contributed by atoms with van der Waals surface area (Å²) in [5.74, 6) is -4.58. The maximum atomic E-state index is 11.1. The molecule has 2 unspecified atom stereocenters. The maximum Gasteiger partial charge on any atom is 0.425 e. The Morgan fingerprint density at radius 3 is 0.889 bits per heavy atom. The molecule has 108 valence electrons. The predicted molar refractivity (Wildman–Crippen MR) is 39.4 cm³/mol. The Hall–Kier alpha value is -1.56. The van der Waals surface area contributed by atoms with Crippen LogP contribution in [-0.4, -0.2) is 56.9 Å². The van der Waals surface area contributed by atoms with E-state index in [1.54, 1.807) is 0 Å². The van der Waals surface area contributed by atoms with Crippen LogP contribution in [0, 0.1) is 0 Å². The largest absolute Gasteiger partial charge is 0.479 e. The van der Waals surface area contributed by atoms with Gasteiger partial charge < -0.3 is 20.4 Å². The Balaban J connectivity index is 0. The highest BCUT2D eigenvalue weighted by Gasteiger charge is 2.44. The van der Waals surface area contributed by atoms with Crippen molar-refractivity contribution in [3.8, 4) is 0 Å². The fraction of sp³-hybridized carbons (Fsp3) is 0.667. The Bertz CT molecular complexity index is 266. The first-order chi connectivity index (χ1) is 7.71. The van der Waals surface area contributed by atoms with Crippen LogP contribution in [0.5, 0.6) is 0 Å². The number of alkyl halides is 6. The topological polar surface area (TPSA) is 115 Å². The standard InChI is InChI=1S/2C3H3F3O3/c2*4-3(5,6)1(7)2(8)9/h2*1,7H,(H,8,9). The average molecular weight is 288 g/mol. The normalized spacial score (nSPS) is 15.1. The molecule has 0 aromatic rings. The van der Waals surface area contributed by atoms with Crippen molar-refractivity contribution in [3.05, 3.63) is 0 Å². The third-order valence-corrected chi connectivity index (χ3v) is 1.09. The molecule has 0 aromatic heterocycles. The second kappa shape index (κ2) is 6.39. The van der Waals surface area contributed by atoms with Crippen LogP contribution in [0.1, 0.15) is 0 Å². The van der Waals surface area contributed by atoms with E-state index in [-0.39, 0.29) is 0 Å². The summed E-state index contributed by atoms with van der Waals surface area (Å²) < 4.78 is 66.4. The number of hydrogen-bond acceptors (Lipinski definition) is 4. The number of hydrogen-bond donors (Lipinski definition) is 4. The van der Waals surface area contributed by atoms with Crippen LogP contribution >= 0.6 is 0 Å². The number of carbonyl (C=O) groups is 2. The average Bonchev–Trinajstić information content (AvgIpc) is 2.13. The third kappa shape index (κ3) is 7.67. The molecule has 0 bridgehead atoms. The van der Waals surface area contributed by atoms with E-state index < -0.39 is 36.5 Å². The zero-order valence-electron chi connectivity index (χ0n) is 8.03. The smallest absolute Gasteiger partial charge is 0.425 e. The van der Waals surface area contributed by atoms with Crippen molar-refractivity contribution in [2.24, 2.45) is 0 Å². The molecule has 0 saturated carbocycles. The minimum atomic E-state index is -5.06. The predicted octanol–water partition coefficient (Wildman–Crippen LogP) is -0.0116. The third-order valence-electron chi connectivity index (χ3n) is 1.09. The molecule has 6 nitrogen and oxygen atoms in total. The molecule has 0 saturated heterocycles. The second-order valence-electron chi connectivity index (χ2n) is 2.56. The first-order valence-electron chi connectivity index (χ1n) is 3.66. The second-order valence-corrected chi connectivity index (χ2v) is 2.56. The zero-order chi connectivity index (χ0) is 15.3. The highest BCUT2D eigenvalue weighted by atomic mass is 19.4. The van der Waals surface area contributed by atoms with Crippen molar-refractivity contribution in [2.45, 2.75) is 24.6 Å². The van der Waals surface area contributed by atoms with Crippen LogP contribution in [-0.2, 0) is 9.59 Å². The molecule has 0 heterocycles. The number of aliphatic hydroxyl groups excluding tert-OH is 2. The van der Waals surface area contributed by atoms with Crippen LogP contribution in [0.2, 0.25) is 0 Å². The summed E-state index contributed by atoms with van der Waals surface area (Å²) in [7, 11) is 0. The summed E-state index contributed by atoms with van der Waals surface area (Å²) in [5, 5.41) is 30.6. The molecule has 4 N–H and O–H groups in total. The van der Waals surface area contributed by atoms with E-state index in [1.807, 2.05) is 0 Å². The molecular formula is C6H6F6O6. The molecule has 0 amide bonds. The van der Waals surface area contributed by atoms with Crippen molar-refractivity contribution in [1.82, 2.24) is 0 Å². The highest BCUT2D eigenvalue weighted by molar-refractivity contribution is 5.73. The van der Waals surface area contributed by atoms with E-state index in [9.17, 15) is 35.9 Å². The molecule has 18 heavy (non-hydrogen) atoms. The van der Waals surface area contributed by atoms with E-state index in [0.717, 1.165) is 0 Å². The number of aliphatic hydroxyl groups is 2. The number of aliphatic carboxylic acids is 2. The summed E-state index contributed by atoms with van der Waals surface area (Å²) in [6.45, 7) is 0. The molecule has 12 heteroatoms. The highest BCUT2D eigenvalue weighted by Crippen LogP contribution is 2.20. The van der Waals surface area contributed by atoms with Crippen LogP contribution in [0.4, 0.5) is 26.3 Å². The maximum absolute atomic E-state index is 11.1. The molecule has 0 spiro atoms. The van der Waals surface area contributed by atoms with E-state index in [1.165, 1.54) is 0 Å². The molecule has 0 fully saturated rings. The monoisotopic (exact) mass is 288 g/mol. The lowest BCUT2D eigenvalue weighted by atomic mass is 10.4. The molecule has 0 radical (unpaired) electrons. The molecule has 0 rings (SSSR count). The molecule has 0 aliphatic heterocycles. The van der Waals surface area contributed by atoms with Crippen molar-refractivity contribution in [2.75, 3.05) is 0 Å². The van der Waals surface area contributed by atoms with Gasteiger partial charge in [0.05, 0.1) is 0 Å². The van der Waals surface area contributed by atoms with Crippen LogP contribution in [0.15, 0.2) is 0 Å². The number of carboxylic acid groups (broad SMARTS) is 2. The lowest BCUT2D eigenvalue weighted by Gasteiger charge is -2.07. The van der Waals surface area contributed by atoms with E-state index >= 15 is 0 Å². The number of carboxylic acids is 2. The number of rotatable bonds is 2. The van der Waals surface area contributed by atoms with Gasteiger partial charge in [-0.05, 0) is 0 Å². The Labute approximate surface area is 94.1 Å². The minimum absolute atomic E-state index is 2.29. The number of halogens is 6. The Morgan fingerprint density at radius 1 is 0.722 bits per heavy atom. The van der Waals surface area contributed by atoms with Gasteiger partial charge in [-0.15, -0.1) is 0 Å². The summed E-state index contributed by atoms with van der Waals surface area (Å²) in [6, 6.07) is 0. The lowest BCUT2D eigenvalue weighted by Crippen LogP contribution is -2.35. The molecular weight excluding hydrogens is 282 g/mol. The van der Waals surface area contributed by atoms with Crippen LogP contribution in [0.3, 0.4) is 0 Å². The molecule has 0 aromatic carbocycles. The summed E-state index contributed by atoms with van der Waals surface area (Å²) in [4.78, 5) is 18.8. The summed E-state index contributed by atoms with van der Waals surface area (Å²) in [6.07, 6.45) is -16.7. The molecule has 2 atom stereocenters. The lowest BCUT2D eigenvalue weighted by molar-refractivity contribution is -0.215. The van der Waals surface area contributed by atoms with Gasteiger partial charge in [0, 0.05) is 0 Å². The van der Waals surface area contributed by atoms with Crippen molar-refractivity contribution in [1.29, 1.82) is 0 Å². The van der Waals surface area contributed by atoms with Gasteiger partial charge in [-0.2, -0.15) is 26.3 Å². The van der Waals surface area contributed by atoms with Gasteiger partial charge in [-0.1, -0.05) is 0 Å². The molecule has 0 aliphatic rings. The van der Waals surface area contributed by atoms with E-state index in [0.29, 0.717) is 0 Å². The van der Waals surface area contributed by atoms with Crippen LogP contribution < -0.4 is 0 Å². The van der Waals surface area contributed by atoms with Gasteiger partial charge in [0.15, 0.2) is 0 Å². The van der Waals surface area contributed by atoms with Crippen molar-refractivity contribution < 1.29 is 56.4 Å². The van der Waals surface area contributed by atoms with Gasteiger partial charge in [-0.3, -0.25) is 0 Å². The first-order valence-corrected chi connectivity index (χ1v) is 3.66. The van der Waals surface area contributed by atoms with E-state index in [2.05, 4.69) is 0 Å². The van der Waals surface area contributed by atoms with Gasteiger partial charge in [0.2, 0.25) is 12.2 Å². The molecule has 0 aliphatic carbocycles. The van der Waals surface area contributed by atoms with E-state index in [4.69, 9.17) is 20.4 Å². The zero-order valence-corrected chi connectivity index (χ0v) is 8.03. The minimum Gasteiger partial charge on any atom is -0.479 e. The van der Waals surface area contributed by atoms with Gasteiger partial charge in [0.1, 0.15) is 0 Å². The summed E-state index contributed by atoms with van der Waals surface area (Å²) >= 11 is 0. The first kappa shape index (κ1) is 18.8. The quantitative estimate of drug-likeness (QED) is 0.531. The Kier molecular flexibility index (Phi) is 6.68. The van der Waals surface area contributed by atoms with Crippen LogP contribution in [0.25, 0.3) is 0 Å². The van der Waals surface area contributed by atoms with Crippen molar-refractivity contribution >= 4 is 11.9 Å². The Morgan fingerprint density at radius 2 is 0.889 bits per heavy atom. The fourth-order valence-corrected chi connectivity index (χ4v) is 0.280. The van der Waals surface area contributed by atoms with Crippen molar-refractivity contribution in [3.63, 3.8) is 0 Å².